The fraction of sp³-hybridized carbons (Fsp3) is 0. The third-order valence-electron chi connectivity index (χ3n) is 7.55. The second-order valence-electron chi connectivity index (χ2n) is 9.70. The molecule has 0 radical (unpaired) electrons. The summed E-state index contributed by atoms with van der Waals surface area (Å²) in [7, 11) is 0. The summed E-state index contributed by atoms with van der Waals surface area (Å²) in [6.07, 6.45) is 0. The van der Waals surface area contributed by atoms with Crippen molar-refractivity contribution in [3.8, 4) is 33.4 Å². The lowest BCUT2D eigenvalue weighted by molar-refractivity contribution is 0.669. The van der Waals surface area contributed by atoms with E-state index in [2.05, 4.69) is 30.3 Å². The van der Waals surface area contributed by atoms with Crippen molar-refractivity contribution in [2.45, 2.75) is 0 Å². The first-order valence-corrected chi connectivity index (χ1v) is 13.0. The predicted molar refractivity (Wildman–Crippen MR) is 165 cm³/mol. The van der Waals surface area contributed by atoms with Gasteiger partial charge in [0.1, 0.15) is 11.2 Å². The normalized spacial score (nSPS) is 13.4. The van der Waals surface area contributed by atoms with Gasteiger partial charge in [0.05, 0.1) is 6.85 Å². The molecule has 8 rings (SSSR count). The third-order valence-corrected chi connectivity index (χ3v) is 7.55. The zero-order chi connectivity index (χ0) is 30.1. The Bertz CT molecular complexity index is 2360. The minimum absolute atomic E-state index is 0.207. The number of hydrogen-bond donors (Lipinski definition) is 0. The fourth-order valence-corrected chi connectivity index (χ4v) is 5.92. The van der Waals surface area contributed by atoms with Crippen LogP contribution in [0, 0.1) is 0 Å². The van der Waals surface area contributed by atoms with Gasteiger partial charge < -0.3 is 4.42 Å². The van der Waals surface area contributed by atoms with E-state index in [1.165, 1.54) is 0 Å². The van der Waals surface area contributed by atoms with Crippen molar-refractivity contribution in [1.29, 1.82) is 0 Å². The van der Waals surface area contributed by atoms with Gasteiger partial charge in [-0.3, -0.25) is 0 Å². The standard InChI is InChI=1S/C38H24O/c1-3-12-25(13-4-1)28-20-11-21-35-38(28)33-24-27(22-23-34(33)39-35)37-31-18-9-7-16-29(31)36(26-14-5-2-6-15-26)30-17-8-10-19-32(30)37/h1-24H/i2D,5D,6D,14D,15D. The Morgan fingerprint density at radius 3 is 1.72 bits per heavy atom. The summed E-state index contributed by atoms with van der Waals surface area (Å²) in [5.74, 6) is 0. The molecular weight excluding hydrogens is 472 g/mol. The van der Waals surface area contributed by atoms with Gasteiger partial charge in [-0.05, 0) is 73.1 Å². The third kappa shape index (κ3) is 3.41. The second kappa shape index (κ2) is 8.72. The highest BCUT2D eigenvalue weighted by Crippen LogP contribution is 2.45. The lowest BCUT2D eigenvalue weighted by Crippen LogP contribution is -1.90. The Morgan fingerprint density at radius 2 is 1.05 bits per heavy atom. The minimum Gasteiger partial charge on any atom is -0.456 e. The maximum Gasteiger partial charge on any atom is 0.136 e. The molecule has 8 aromatic rings. The molecule has 0 saturated carbocycles. The Morgan fingerprint density at radius 1 is 0.436 bits per heavy atom. The van der Waals surface area contributed by atoms with Crippen LogP contribution >= 0.6 is 0 Å². The van der Waals surface area contributed by atoms with Gasteiger partial charge in [-0.25, -0.2) is 0 Å². The average Bonchev–Trinajstić information content (AvgIpc) is 3.45. The lowest BCUT2D eigenvalue weighted by atomic mass is 9.85. The van der Waals surface area contributed by atoms with Crippen LogP contribution in [0.4, 0.5) is 0 Å². The molecule has 0 saturated heterocycles. The van der Waals surface area contributed by atoms with Crippen LogP contribution in [-0.4, -0.2) is 0 Å². The first-order valence-electron chi connectivity index (χ1n) is 15.5. The minimum atomic E-state index is -0.399. The molecule has 0 aliphatic rings. The number of hydrogen-bond acceptors (Lipinski definition) is 1. The fourth-order valence-electron chi connectivity index (χ4n) is 5.92. The van der Waals surface area contributed by atoms with Crippen molar-refractivity contribution >= 4 is 43.5 Å². The Balaban J connectivity index is 1.48. The Hall–Kier alpha value is -5.14. The van der Waals surface area contributed by atoms with Gasteiger partial charge in [0.15, 0.2) is 0 Å². The van der Waals surface area contributed by atoms with Crippen LogP contribution in [0.3, 0.4) is 0 Å². The molecule has 0 aliphatic heterocycles. The molecular formula is C38H24O. The van der Waals surface area contributed by atoms with E-state index in [1.54, 1.807) is 0 Å². The van der Waals surface area contributed by atoms with Gasteiger partial charge in [0, 0.05) is 10.8 Å². The van der Waals surface area contributed by atoms with E-state index >= 15 is 0 Å². The largest absolute Gasteiger partial charge is 0.456 e. The number of rotatable bonds is 3. The van der Waals surface area contributed by atoms with E-state index in [-0.39, 0.29) is 29.7 Å². The zero-order valence-electron chi connectivity index (χ0n) is 25.9. The summed E-state index contributed by atoms with van der Waals surface area (Å²) in [4.78, 5) is 0. The number of furan rings is 1. The molecule has 1 heteroatoms. The van der Waals surface area contributed by atoms with Gasteiger partial charge in [-0.1, -0.05) is 127 Å². The van der Waals surface area contributed by atoms with Gasteiger partial charge >= 0.3 is 0 Å². The molecule has 0 fully saturated rings. The van der Waals surface area contributed by atoms with Crippen LogP contribution in [0.15, 0.2) is 150 Å². The summed E-state index contributed by atoms with van der Waals surface area (Å²) in [6.45, 7) is 0. The van der Waals surface area contributed by atoms with E-state index < -0.39 is 6.04 Å². The van der Waals surface area contributed by atoms with Crippen molar-refractivity contribution in [1.82, 2.24) is 0 Å². The summed E-state index contributed by atoms with van der Waals surface area (Å²) >= 11 is 0. The van der Waals surface area contributed by atoms with Gasteiger partial charge in [0.2, 0.25) is 0 Å². The van der Waals surface area contributed by atoms with E-state index in [0.29, 0.717) is 5.56 Å². The summed E-state index contributed by atoms with van der Waals surface area (Å²) < 4.78 is 48.8. The predicted octanol–water partition coefficient (Wildman–Crippen LogP) is 10.9. The molecule has 1 heterocycles. The van der Waals surface area contributed by atoms with Crippen molar-refractivity contribution in [3.05, 3.63) is 145 Å². The summed E-state index contributed by atoms with van der Waals surface area (Å²) in [5.41, 5.74) is 6.71. The second-order valence-corrected chi connectivity index (χ2v) is 9.70. The van der Waals surface area contributed by atoms with Crippen LogP contribution in [0.25, 0.3) is 76.9 Å². The van der Waals surface area contributed by atoms with E-state index in [4.69, 9.17) is 11.3 Å². The van der Waals surface area contributed by atoms with Crippen molar-refractivity contribution in [3.63, 3.8) is 0 Å². The first-order chi connectivity index (χ1) is 21.4. The van der Waals surface area contributed by atoms with Crippen LogP contribution in [-0.2, 0) is 0 Å². The molecule has 0 amide bonds. The SMILES string of the molecule is [2H]c1c([2H])c([2H])c(-c2c3ccccc3c(-c3ccc4oc5cccc(-c6ccccc6)c5c4c3)c3ccccc23)c([2H])c1[2H]. The molecule has 7 aromatic carbocycles. The number of fused-ring (bicyclic) bond motifs is 5. The molecule has 0 atom stereocenters. The van der Waals surface area contributed by atoms with Crippen molar-refractivity contribution in [2.24, 2.45) is 0 Å². The summed E-state index contributed by atoms with van der Waals surface area (Å²) in [5, 5.41) is 5.58. The van der Waals surface area contributed by atoms with Crippen LogP contribution < -0.4 is 0 Å². The molecule has 0 N–H and O–H groups in total. The van der Waals surface area contributed by atoms with Crippen LogP contribution in [0.5, 0.6) is 0 Å². The zero-order valence-corrected chi connectivity index (χ0v) is 20.9. The van der Waals surface area contributed by atoms with E-state index in [0.717, 1.165) is 65.7 Å². The maximum absolute atomic E-state index is 8.80. The number of benzene rings is 7. The maximum atomic E-state index is 8.80. The summed E-state index contributed by atoms with van der Waals surface area (Å²) in [6, 6.07) is 37.1. The van der Waals surface area contributed by atoms with Gasteiger partial charge in [0.25, 0.3) is 0 Å². The van der Waals surface area contributed by atoms with Gasteiger partial charge in [-0.2, -0.15) is 0 Å². The molecule has 0 spiro atoms. The van der Waals surface area contributed by atoms with Crippen molar-refractivity contribution in [2.75, 3.05) is 0 Å². The first kappa shape index (κ1) is 17.4. The van der Waals surface area contributed by atoms with E-state index in [9.17, 15) is 0 Å². The van der Waals surface area contributed by atoms with Crippen molar-refractivity contribution < 1.29 is 11.3 Å². The molecule has 1 aromatic heterocycles. The quantitative estimate of drug-likeness (QED) is 0.219. The average molecular weight is 502 g/mol. The molecule has 0 bridgehead atoms. The highest BCUT2D eigenvalue weighted by Gasteiger charge is 2.18. The van der Waals surface area contributed by atoms with Crippen LogP contribution in [0.2, 0.25) is 0 Å². The molecule has 39 heavy (non-hydrogen) atoms. The lowest BCUT2D eigenvalue weighted by Gasteiger charge is -2.17. The Kier molecular flexibility index (Phi) is 3.89. The highest BCUT2D eigenvalue weighted by molar-refractivity contribution is 6.22. The monoisotopic (exact) mass is 501 g/mol. The smallest absolute Gasteiger partial charge is 0.136 e. The molecule has 0 unspecified atom stereocenters. The Labute approximate surface area is 233 Å². The molecule has 182 valence electrons. The molecule has 0 aliphatic carbocycles. The highest BCUT2D eigenvalue weighted by atomic mass is 16.3. The molecule has 1 nitrogen and oxygen atoms in total. The topological polar surface area (TPSA) is 13.1 Å². The van der Waals surface area contributed by atoms with E-state index in [1.807, 2.05) is 84.9 Å². The van der Waals surface area contributed by atoms with Gasteiger partial charge in [-0.15, -0.1) is 0 Å². The van der Waals surface area contributed by atoms with Crippen LogP contribution in [0.1, 0.15) is 6.85 Å².